The van der Waals surface area contributed by atoms with E-state index in [0.717, 1.165) is 8.60 Å². The van der Waals surface area contributed by atoms with E-state index in [-0.39, 0.29) is 11.8 Å². The Bertz CT molecular complexity index is 917. The van der Waals surface area contributed by atoms with Crippen LogP contribution >= 0.6 is 45.7 Å². The largest absolute Gasteiger partial charge is 0.351 e. The predicted octanol–water partition coefficient (Wildman–Crippen LogP) is 3.92. The Morgan fingerprint density at radius 3 is 2.59 bits per heavy atom. The van der Waals surface area contributed by atoms with Crippen molar-refractivity contribution in [2.75, 3.05) is 17.6 Å². The highest BCUT2D eigenvalue weighted by Gasteiger charge is 2.09. The summed E-state index contributed by atoms with van der Waals surface area (Å²) in [5.41, 5.74) is 0.675. The fourth-order valence-corrected chi connectivity index (χ4v) is 4.04. The van der Waals surface area contributed by atoms with Gasteiger partial charge >= 0.3 is 0 Å². The van der Waals surface area contributed by atoms with E-state index in [1.54, 1.807) is 24.3 Å². The average Bonchev–Trinajstić information content (AvgIpc) is 3.22. The molecule has 0 radical (unpaired) electrons. The lowest BCUT2D eigenvalue weighted by atomic mass is 10.2. The minimum atomic E-state index is -0.196. The highest BCUT2D eigenvalue weighted by atomic mass is 127. The number of halogens is 1. The first kappa shape index (κ1) is 19.8. The number of amides is 2. The van der Waals surface area contributed by atoms with Crippen LogP contribution in [0.2, 0.25) is 0 Å². The topological polar surface area (TPSA) is 84.0 Å². The van der Waals surface area contributed by atoms with Gasteiger partial charge in [-0.25, -0.2) is 0 Å². The first-order valence-electron chi connectivity index (χ1n) is 7.97. The summed E-state index contributed by atoms with van der Waals surface area (Å²) >= 11 is 5.00. The molecule has 2 aromatic heterocycles. The van der Waals surface area contributed by atoms with Gasteiger partial charge in [-0.05, 0) is 58.3 Å². The Morgan fingerprint density at radius 1 is 1.04 bits per heavy atom. The van der Waals surface area contributed by atoms with Crippen LogP contribution < -0.4 is 10.6 Å². The van der Waals surface area contributed by atoms with Gasteiger partial charge in [0.05, 0.1) is 10.4 Å². The molecule has 0 atom stereocenters. The van der Waals surface area contributed by atoms with Gasteiger partial charge in [-0.15, -0.1) is 33.3 Å². The zero-order valence-corrected chi connectivity index (χ0v) is 17.8. The molecule has 0 aliphatic heterocycles. The maximum absolute atomic E-state index is 12.1. The molecule has 2 amide bonds. The molecule has 0 bridgehead atoms. The second-order valence-electron chi connectivity index (χ2n) is 5.27. The molecule has 0 aliphatic rings. The number of carbonyl (C=O) groups is 2. The molecule has 0 aliphatic carbocycles. The Morgan fingerprint density at radius 2 is 1.89 bits per heavy atom. The molecule has 2 N–H and O–H groups in total. The monoisotopic (exact) mass is 510 g/mol. The summed E-state index contributed by atoms with van der Waals surface area (Å²) in [6.07, 6.45) is 0. The van der Waals surface area contributed by atoms with Gasteiger partial charge < -0.3 is 10.6 Å². The molecule has 138 valence electrons. The van der Waals surface area contributed by atoms with Crippen LogP contribution in [0.5, 0.6) is 0 Å². The van der Waals surface area contributed by atoms with Crippen molar-refractivity contribution >= 4 is 63.3 Å². The number of hydrogen-bond acceptors (Lipinski definition) is 6. The number of hydrogen-bond donors (Lipinski definition) is 2. The molecule has 0 saturated carbocycles. The molecule has 0 unspecified atom stereocenters. The third kappa shape index (κ3) is 5.75. The summed E-state index contributed by atoms with van der Waals surface area (Å²) in [4.78, 5) is 24.7. The molecule has 2 heterocycles. The lowest BCUT2D eigenvalue weighted by Crippen LogP contribution is -2.26. The Hall–Kier alpha value is -1.98. The van der Waals surface area contributed by atoms with Gasteiger partial charge in [-0.1, -0.05) is 18.2 Å². The van der Waals surface area contributed by atoms with Gasteiger partial charge in [0.15, 0.2) is 5.82 Å². The molecule has 0 saturated heterocycles. The number of thioether (sulfide) groups is 1. The maximum Gasteiger partial charge on any atom is 0.266 e. The van der Waals surface area contributed by atoms with Crippen LogP contribution in [0, 0.1) is 3.57 Å². The van der Waals surface area contributed by atoms with Gasteiger partial charge in [0, 0.05) is 15.9 Å². The average molecular weight is 510 g/mol. The summed E-state index contributed by atoms with van der Waals surface area (Å²) in [5, 5.41) is 16.3. The summed E-state index contributed by atoms with van der Waals surface area (Å²) in [7, 11) is 0. The number of aromatic nitrogens is 2. The van der Waals surface area contributed by atoms with Gasteiger partial charge in [0.1, 0.15) is 5.03 Å². The third-order valence-electron chi connectivity index (χ3n) is 3.38. The van der Waals surface area contributed by atoms with Crippen molar-refractivity contribution in [3.63, 3.8) is 0 Å². The standard InChI is InChI=1S/C18H15IN4O2S2/c19-13-5-2-1-4-12(13)17(24)20-9-11-27-16-8-7-15(22-23-16)21-18(25)14-6-3-10-26-14/h1-8,10H,9,11H2,(H,20,24)(H,21,22,25). The van der Waals surface area contributed by atoms with E-state index in [1.807, 2.05) is 29.6 Å². The lowest BCUT2D eigenvalue weighted by molar-refractivity contribution is 0.0954. The van der Waals surface area contributed by atoms with Crippen LogP contribution in [0.4, 0.5) is 5.82 Å². The van der Waals surface area contributed by atoms with E-state index >= 15 is 0 Å². The number of thiophene rings is 1. The van der Waals surface area contributed by atoms with Crippen LogP contribution in [-0.4, -0.2) is 34.3 Å². The van der Waals surface area contributed by atoms with Crippen LogP contribution in [0.3, 0.4) is 0 Å². The minimum absolute atomic E-state index is 0.0849. The van der Waals surface area contributed by atoms with Gasteiger partial charge in [0.25, 0.3) is 11.8 Å². The zero-order valence-electron chi connectivity index (χ0n) is 14.0. The quantitative estimate of drug-likeness (QED) is 0.286. The predicted molar refractivity (Wildman–Crippen MR) is 117 cm³/mol. The molecular weight excluding hydrogens is 495 g/mol. The molecule has 9 heteroatoms. The third-order valence-corrected chi connectivity index (χ3v) is 6.11. The van der Waals surface area contributed by atoms with Crippen molar-refractivity contribution in [2.24, 2.45) is 0 Å². The number of carbonyl (C=O) groups excluding carboxylic acids is 2. The van der Waals surface area contributed by atoms with Crippen LogP contribution in [0.15, 0.2) is 58.9 Å². The Kier molecular flexibility index (Phi) is 7.18. The second kappa shape index (κ2) is 9.81. The van der Waals surface area contributed by atoms with Crippen molar-refractivity contribution in [3.05, 3.63) is 67.9 Å². The molecule has 6 nitrogen and oxygen atoms in total. The van der Waals surface area contributed by atoms with E-state index in [2.05, 4.69) is 43.4 Å². The van der Waals surface area contributed by atoms with Gasteiger partial charge in [-0.2, -0.15) is 0 Å². The summed E-state index contributed by atoms with van der Waals surface area (Å²) in [6, 6.07) is 14.5. The van der Waals surface area contributed by atoms with Crippen molar-refractivity contribution in [1.29, 1.82) is 0 Å². The molecule has 27 heavy (non-hydrogen) atoms. The van der Waals surface area contributed by atoms with Crippen LogP contribution in [-0.2, 0) is 0 Å². The summed E-state index contributed by atoms with van der Waals surface area (Å²) in [6.45, 7) is 0.521. The van der Waals surface area contributed by atoms with E-state index in [4.69, 9.17) is 0 Å². The van der Waals surface area contributed by atoms with Crippen LogP contribution in [0.25, 0.3) is 0 Å². The zero-order chi connectivity index (χ0) is 19.1. The Labute approximate surface area is 178 Å². The fourth-order valence-electron chi connectivity index (χ4n) is 2.11. The lowest BCUT2D eigenvalue weighted by Gasteiger charge is -2.07. The van der Waals surface area contributed by atoms with Crippen molar-refractivity contribution < 1.29 is 9.59 Å². The number of nitrogens with zero attached hydrogens (tertiary/aromatic N) is 2. The van der Waals surface area contributed by atoms with Crippen molar-refractivity contribution in [3.8, 4) is 0 Å². The smallest absolute Gasteiger partial charge is 0.266 e. The van der Waals surface area contributed by atoms with E-state index in [1.165, 1.54) is 23.1 Å². The number of nitrogens with one attached hydrogen (secondary N) is 2. The summed E-state index contributed by atoms with van der Waals surface area (Å²) < 4.78 is 0.923. The molecule has 3 rings (SSSR count). The maximum atomic E-state index is 12.1. The second-order valence-corrected chi connectivity index (χ2v) is 8.50. The molecule has 3 aromatic rings. The van der Waals surface area contributed by atoms with Crippen molar-refractivity contribution in [2.45, 2.75) is 5.03 Å². The highest BCUT2D eigenvalue weighted by molar-refractivity contribution is 14.1. The minimum Gasteiger partial charge on any atom is -0.351 e. The van der Waals surface area contributed by atoms with Crippen molar-refractivity contribution in [1.82, 2.24) is 15.5 Å². The van der Waals surface area contributed by atoms with Gasteiger partial charge in [0.2, 0.25) is 0 Å². The summed E-state index contributed by atoms with van der Waals surface area (Å²) in [5.74, 6) is 0.797. The Balaban J connectivity index is 1.43. The fraction of sp³-hybridized carbons (Fsp3) is 0.111. The van der Waals surface area contributed by atoms with Crippen LogP contribution in [0.1, 0.15) is 20.0 Å². The molecular formula is C18H15IN4O2S2. The molecule has 0 spiro atoms. The number of rotatable bonds is 7. The highest BCUT2D eigenvalue weighted by Crippen LogP contribution is 2.16. The van der Waals surface area contributed by atoms with E-state index in [0.29, 0.717) is 28.6 Å². The normalized spacial score (nSPS) is 10.4. The first-order valence-corrected chi connectivity index (χ1v) is 10.9. The first-order chi connectivity index (χ1) is 13.1. The van der Waals surface area contributed by atoms with E-state index < -0.39 is 0 Å². The molecule has 0 fully saturated rings. The number of benzene rings is 1. The molecule has 1 aromatic carbocycles. The van der Waals surface area contributed by atoms with E-state index in [9.17, 15) is 9.59 Å². The number of anilines is 1. The van der Waals surface area contributed by atoms with Gasteiger partial charge in [-0.3, -0.25) is 9.59 Å². The SMILES string of the molecule is O=C(Nc1ccc(SCCNC(=O)c2ccccc2I)nn1)c1cccs1.